The first-order chi connectivity index (χ1) is 9.72. The van der Waals surface area contributed by atoms with E-state index in [1.54, 1.807) is 41.1 Å². The second kappa shape index (κ2) is 4.48. The lowest BCUT2D eigenvalue weighted by molar-refractivity contribution is -0.383. The van der Waals surface area contributed by atoms with Crippen molar-refractivity contribution in [1.29, 1.82) is 5.26 Å². The molecule has 2 aromatic heterocycles. The Labute approximate surface area is 113 Å². The quantitative estimate of drug-likeness (QED) is 0.526. The summed E-state index contributed by atoms with van der Waals surface area (Å²) >= 11 is 0. The maximum Gasteiger partial charge on any atom is 0.295 e. The van der Waals surface area contributed by atoms with Gasteiger partial charge in [0.05, 0.1) is 10.6 Å². The summed E-state index contributed by atoms with van der Waals surface area (Å²) in [6.45, 7) is 0. The maximum absolute atomic E-state index is 11.0. The molecule has 3 aromatic rings. The van der Waals surface area contributed by atoms with E-state index in [2.05, 4.69) is 11.1 Å². The highest BCUT2D eigenvalue weighted by atomic mass is 16.6. The van der Waals surface area contributed by atoms with Gasteiger partial charge in [-0.15, -0.1) is 0 Å². The van der Waals surface area contributed by atoms with Gasteiger partial charge in [-0.1, -0.05) is 0 Å². The van der Waals surface area contributed by atoms with E-state index in [9.17, 15) is 10.1 Å². The number of non-ortho nitro benzene ring substituents is 1. The van der Waals surface area contributed by atoms with E-state index in [1.165, 1.54) is 12.3 Å². The fourth-order valence-corrected chi connectivity index (χ4v) is 2.18. The summed E-state index contributed by atoms with van der Waals surface area (Å²) in [5.41, 5.74) is 1.42. The minimum Gasteiger partial charge on any atom is -0.308 e. The third-order valence-electron chi connectivity index (χ3n) is 3.04. The lowest BCUT2D eigenvalue weighted by atomic mass is 10.1. The standard InChI is InChI=1S/C14H8N4O2/c15-9-10-3-2-8-17(10)12-5-6-13(18(19)20)14-11(12)4-1-7-16-14/h1-8H. The van der Waals surface area contributed by atoms with E-state index in [4.69, 9.17) is 5.26 Å². The van der Waals surface area contributed by atoms with Crippen molar-refractivity contribution in [1.82, 2.24) is 9.55 Å². The lowest BCUT2D eigenvalue weighted by Gasteiger charge is -2.08. The Kier molecular flexibility index (Phi) is 2.66. The van der Waals surface area contributed by atoms with Crippen molar-refractivity contribution in [3.05, 3.63) is 64.6 Å². The molecule has 0 fully saturated rings. The lowest BCUT2D eigenvalue weighted by Crippen LogP contribution is -1.99. The molecule has 0 aliphatic rings. The van der Waals surface area contributed by atoms with Gasteiger partial charge in [0.15, 0.2) is 0 Å². The predicted molar refractivity (Wildman–Crippen MR) is 72.4 cm³/mol. The van der Waals surface area contributed by atoms with Crippen LogP contribution in [0.3, 0.4) is 0 Å². The van der Waals surface area contributed by atoms with Gasteiger partial charge in [0.25, 0.3) is 5.69 Å². The fourth-order valence-electron chi connectivity index (χ4n) is 2.18. The van der Waals surface area contributed by atoms with Crippen LogP contribution in [0.5, 0.6) is 0 Å². The van der Waals surface area contributed by atoms with Crippen molar-refractivity contribution in [2.24, 2.45) is 0 Å². The number of aromatic nitrogens is 2. The second-order valence-electron chi connectivity index (χ2n) is 4.14. The molecule has 0 unspecified atom stereocenters. The summed E-state index contributed by atoms with van der Waals surface area (Å²) < 4.78 is 1.69. The van der Waals surface area contributed by atoms with E-state index in [0.717, 1.165) is 0 Å². The molecule has 3 rings (SSSR count). The molecule has 0 amide bonds. The van der Waals surface area contributed by atoms with Gasteiger partial charge in [-0.3, -0.25) is 10.1 Å². The Hall–Kier alpha value is -3.20. The number of nitro groups is 1. The number of pyridine rings is 1. The van der Waals surface area contributed by atoms with Crippen molar-refractivity contribution in [2.75, 3.05) is 0 Å². The summed E-state index contributed by atoms with van der Waals surface area (Å²) in [6.07, 6.45) is 3.26. The Morgan fingerprint density at radius 3 is 2.85 bits per heavy atom. The summed E-state index contributed by atoms with van der Waals surface area (Å²) in [7, 11) is 0. The van der Waals surface area contributed by atoms with Crippen molar-refractivity contribution in [2.45, 2.75) is 0 Å². The van der Waals surface area contributed by atoms with Gasteiger partial charge in [-0.05, 0) is 30.3 Å². The molecule has 6 heteroatoms. The molecule has 0 radical (unpaired) electrons. The summed E-state index contributed by atoms with van der Waals surface area (Å²) in [5.74, 6) is 0. The molecule has 0 N–H and O–H groups in total. The van der Waals surface area contributed by atoms with Gasteiger partial charge in [0.1, 0.15) is 17.3 Å². The van der Waals surface area contributed by atoms with Crippen molar-refractivity contribution < 1.29 is 4.92 Å². The highest BCUT2D eigenvalue weighted by Crippen LogP contribution is 2.29. The van der Waals surface area contributed by atoms with E-state index >= 15 is 0 Å². The molecule has 0 aliphatic heterocycles. The minimum absolute atomic E-state index is 0.0463. The SMILES string of the molecule is N#Cc1cccn1-c1ccc([N+](=O)[O-])c2ncccc12. The van der Waals surface area contributed by atoms with Crippen LogP contribution in [0.4, 0.5) is 5.69 Å². The van der Waals surface area contributed by atoms with Crippen LogP contribution in [0.25, 0.3) is 16.6 Å². The average molecular weight is 264 g/mol. The fraction of sp³-hybridized carbons (Fsp3) is 0. The molecular formula is C14H8N4O2. The van der Waals surface area contributed by atoms with Crippen LogP contribution in [-0.2, 0) is 0 Å². The van der Waals surface area contributed by atoms with Gasteiger partial charge in [0.2, 0.25) is 0 Å². The molecule has 0 saturated carbocycles. The van der Waals surface area contributed by atoms with Crippen LogP contribution in [0.1, 0.15) is 5.69 Å². The summed E-state index contributed by atoms with van der Waals surface area (Å²) in [5, 5.41) is 20.8. The van der Waals surface area contributed by atoms with E-state index < -0.39 is 4.92 Å². The van der Waals surface area contributed by atoms with Gasteiger partial charge < -0.3 is 4.57 Å². The number of fused-ring (bicyclic) bond motifs is 1. The van der Waals surface area contributed by atoms with Crippen LogP contribution >= 0.6 is 0 Å². The van der Waals surface area contributed by atoms with Crippen LogP contribution < -0.4 is 0 Å². The molecule has 0 aliphatic carbocycles. The zero-order chi connectivity index (χ0) is 14.1. The molecule has 0 saturated heterocycles. The molecule has 2 heterocycles. The van der Waals surface area contributed by atoms with Gasteiger partial charge in [-0.25, -0.2) is 4.98 Å². The molecule has 1 aromatic carbocycles. The van der Waals surface area contributed by atoms with Crippen LogP contribution in [0.2, 0.25) is 0 Å². The predicted octanol–water partition coefficient (Wildman–Crippen LogP) is 2.81. The normalized spacial score (nSPS) is 10.3. The number of nitro benzene ring substituents is 1. The van der Waals surface area contributed by atoms with Crippen molar-refractivity contribution in [3.8, 4) is 11.8 Å². The van der Waals surface area contributed by atoms with E-state index in [-0.39, 0.29) is 5.69 Å². The summed E-state index contributed by atoms with van der Waals surface area (Å²) in [4.78, 5) is 14.7. The van der Waals surface area contributed by atoms with Crippen LogP contribution in [-0.4, -0.2) is 14.5 Å². The zero-order valence-electron chi connectivity index (χ0n) is 10.2. The molecule has 0 atom stereocenters. The molecular weight excluding hydrogens is 256 g/mol. The van der Waals surface area contributed by atoms with Crippen LogP contribution in [0, 0.1) is 21.4 Å². The zero-order valence-corrected chi connectivity index (χ0v) is 10.2. The molecule has 6 nitrogen and oxygen atoms in total. The van der Waals surface area contributed by atoms with Crippen molar-refractivity contribution >= 4 is 16.6 Å². The number of hydrogen-bond acceptors (Lipinski definition) is 4. The first-order valence-electron chi connectivity index (χ1n) is 5.82. The minimum atomic E-state index is -0.458. The summed E-state index contributed by atoms with van der Waals surface area (Å²) in [6, 6.07) is 12.0. The highest BCUT2D eigenvalue weighted by molar-refractivity contribution is 5.93. The Morgan fingerprint density at radius 1 is 1.25 bits per heavy atom. The monoisotopic (exact) mass is 264 g/mol. The molecule has 20 heavy (non-hydrogen) atoms. The Bertz CT molecular complexity index is 861. The molecule has 96 valence electrons. The Morgan fingerprint density at radius 2 is 2.10 bits per heavy atom. The highest BCUT2D eigenvalue weighted by Gasteiger charge is 2.16. The number of rotatable bonds is 2. The van der Waals surface area contributed by atoms with Crippen molar-refractivity contribution in [3.63, 3.8) is 0 Å². The number of nitrogens with zero attached hydrogens (tertiary/aromatic N) is 4. The van der Waals surface area contributed by atoms with Gasteiger partial charge in [0, 0.05) is 23.8 Å². The van der Waals surface area contributed by atoms with Gasteiger partial charge in [-0.2, -0.15) is 5.26 Å². The first kappa shape index (κ1) is 11.9. The third kappa shape index (κ3) is 1.69. The third-order valence-corrected chi connectivity index (χ3v) is 3.04. The molecule has 0 bridgehead atoms. The molecule has 0 spiro atoms. The second-order valence-corrected chi connectivity index (χ2v) is 4.14. The number of nitriles is 1. The van der Waals surface area contributed by atoms with E-state index in [1.807, 2.05) is 0 Å². The van der Waals surface area contributed by atoms with Gasteiger partial charge >= 0.3 is 0 Å². The van der Waals surface area contributed by atoms with E-state index in [0.29, 0.717) is 22.3 Å². The number of hydrogen-bond donors (Lipinski definition) is 0. The Balaban J connectivity index is 2.37. The topological polar surface area (TPSA) is 84.8 Å². The smallest absolute Gasteiger partial charge is 0.295 e. The first-order valence-corrected chi connectivity index (χ1v) is 5.82. The number of benzene rings is 1. The maximum atomic E-state index is 11.0. The largest absolute Gasteiger partial charge is 0.308 e. The average Bonchev–Trinajstić information content (AvgIpc) is 2.94. The van der Waals surface area contributed by atoms with Crippen LogP contribution in [0.15, 0.2) is 48.8 Å².